The number of hydrogen-bond acceptors (Lipinski definition) is 4. The van der Waals surface area contributed by atoms with Gasteiger partial charge in [0.2, 0.25) is 0 Å². The van der Waals surface area contributed by atoms with E-state index in [0.29, 0.717) is 30.1 Å². The first kappa shape index (κ1) is 25.7. The molecule has 0 aliphatic heterocycles. The predicted molar refractivity (Wildman–Crippen MR) is 135 cm³/mol. The Morgan fingerprint density at radius 3 is 2.37 bits per heavy atom. The molecule has 5 aliphatic rings. The van der Waals surface area contributed by atoms with Gasteiger partial charge in [-0.05, 0) is 96.7 Å². The maximum absolute atomic E-state index is 12.3. The molecule has 13 atom stereocenters. The Bertz CT molecular complexity index is 914. The van der Waals surface area contributed by atoms with Crippen molar-refractivity contribution in [1.29, 1.82) is 0 Å². The highest BCUT2D eigenvalue weighted by molar-refractivity contribution is 5.71. The molecule has 0 spiro atoms. The Balaban J connectivity index is 1.58. The van der Waals surface area contributed by atoms with Gasteiger partial charge in [0.25, 0.3) is 0 Å². The van der Waals surface area contributed by atoms with Crippen molar-refractivity contribution in [2.24, 2.45) is 63.1 Å². The van der Waals surface area contributed by atoms with Gasteiger partial charge in [-0.2, -0.15) is 0 Å². The molecule has 0 aromatic carbocycles. The third-order valence-electron chi connectivity index (χ3n) is 13.3. The van der Waals surface area contributed by atoms with E-state index in [-0.39, 0.29) is 40.6 Å². The van der Waals surface area contributed by atoms with Crippen molar-refractivity contribution in [2.75, 3.05) is 6.61 Å². The van der Waals surface area contributed by atoms with Crippen LogP contribution in [-0.2, 0) is 4.79 Å². The minimum absolute atomic E-state index is 0.00999. The molecule has 5 rings (SSSR count). The number of carbonyl (C=O) groups is 1. The molecule has 4 N–H and O–H groups in total. The summed E-state index contributed by atoms with van der Waals surface area (Å²) in [6.45, 7) is 13.7. The molecule has 0 bridgehead atoms. The van der Waals surface area contributed by atoms with Crippen molar-refractivity contribution < 1.29 is 25.2 Å². The highest BCUT2D eigenvalue weighted by Crippen LogP contribution is 2.74. The number of aliphatic carboxylic acids is 1. The minimum atomic E-state index is -0.895. The highest BCUT2D eigenvalue weighted by atomic mass is 16.4. The van der Waals surface area contributed by atoms with Crippen molar-refractivity contribution in [3.8, 4) is 0 Å². The summed E-state index contributed by atoms with van der Waals surface area (Å²) in [6, 6.07) is 0. The van der Waals surface area contributed by atoms with Crippen LogP contribution in [0.25, 0.3) is 0 Å². The molecule has 5 nitrogen and oxygen atoms in total. The summed E-state index contributed by atoms with van der Waals surface area (Å²) in [5, 5.41) is 42.4. The van der Waals surface area contributed by atoms with E-state index in [2.05, 4.69) is 40.7 Å². The van der Waals surface area contributed by atoms with E-state index in [0.717, 1.165) is 38.5 Å². The molecular weight excluding hydrogens is 440 g/mol. The Hall–Kier alpha value is -0.910. The fourth-order valence-electron chi connectivity index (χ4n) is 11.0. The Labute approximate surface area is 211 Å². The lowest BCUT2D eigenvalue weighted by atomic mass is 9.34. The number of carboxylic acids is 1. The highest BCUT2D eigenvalue weighted by Gasteiger charge is 2.69. The van der Waals surface area contributed by atoms with Crippen LogP contribution in [0.15, 0.2) is 11.6 Å². The van der Waals surface area contributed by atoms with Crippen LogP contribution in [0.3, 0.4) is 0 Å². The topological polar surface area (TPSA) is 98.0 Å². The maximum Gasteiger partial charge on any atom is 0.306 e. The Kier molecular flexibility index (Phi) is 5.91. The molecule has 0 heterocycles. The number of hydrogen-bond donors (Lipinski definition) is 4. The van der Waals surface area contributed by atoms with Crippen LogP contribution < -0.4 is 0 Å². The van der Waals surface area contributed by atoms with Crippen LogP contribution in [0.4, 0.5) is 0 Å². The summed E-state index contributed by atoms with van der Waals surface area (Å²) in [4.78, 5) is 12.3. The summed E-state index contributed by atoms with van der Waals surface area (Å²) in [5.41, 5.74) is 0.723. The van der Waals surface area contributed by atoms with Crippen molar-refractivity contribution in [3.05, 3.63) is 11.6 Å². The predicted octanol–water partition coefficient (Wildman–Crippen LogP) is 4.89. The molecule has 5 aliphatic carbocycles. The molecule has 0 radical (unpaired) electrons. The molecule has 13 unspecified atom stereocenters. The van der Waals surface area contributed by atoms with Gasteiger partial charge in [0.05, 0.1) is 24.7 Å². The van der Waals surface area contributed by atoms with E-state index in [9.17, 15) is 25.2 Å². The van der Waals surface area contributed by atoms with Gasteiger partial charge >= 0.3 is 5.97 Å². The van der Waals surface area contributed by atoms with Crippen molar-refractivity contribution >= 4 is 5.97 Å². The molecule has 35 heavy (non-hydrogen) atoms. The number of aliphatic hydroxyl groups excluding tert-OH is 3. The zero-order chi connectivity index (χ0) is 25.7. The monoisotopic (exact) mass is 488 g/mol. The second kappa shape index (κ2) is 8.04. The van der Waals surface area contributed by atoms with Gasteiger partial charge in [0.1, 0.15) is 0 Å². The maximum atomic E-state index is 12.3. The molecular formula is C30H48O5. The van der Waals surface area contributed by atoms with Gasteiger partial charge in [-0.3, -0.25) is 4.79 Å². The van der Waals surface area contributed by atoms with Gasteiger partial charge in [0.15, 0.2) is 0 Å². The van der Waals surface area contributed by atoms with E-state index in [1.54, 1.807) is 0 Å². The van der Waals surface area contributed by atoms with Crippen LogP contribution in [-0.4, -0.2) is 45.2 Å². The Morgan fingerprint density at radius 1 is 1.06 bits per heavy atom. The quantitative estimate of drug-likeness (QED) is 0.415. The second-order valence-electron chi connectivity index (χ2n) is 14.4. The van der Waals surface area contributed by atoms with Gasteiger partial charge in [0, 0.05) is 5.41 Å². The lowest BCUT2D eigenvalue weighted by Gasteiger charge is -2.71. The van der Waals surface area contributed by atoms with E-state index < -0.39 is 23.6 Å². The first-order chi connectivity index (χ1) is 16.3. The van der Waals surface area contributed by atoms with Gasteiger partial charge in [-0.25, -0.2) is 0 Å². The van der Waals surface area contributed by atoms with Crippen molar-refractivity contribution in [2.45, 2.75) is 98.7 Å². The summed E-state index contributed by atoms with van der Waals surface area (Å²) < 4.78 is 0. The van der Waals surface area contributed by atoms with E-state index >= 15 is 0 Å². The van der Waals surface area contributed by atoms with Crippen LogP contribution in [0, 0.1) is 63.1 Å². The van der Waals surface area contributed by atoms with Crippen molar-refractivity contribution in [1.82, 2.24) is 0 Å². The first-order valence-electron chi connectivity index (χ1n) is 14.2. The van der Waals surface area contributed by atoms with Crippen LogP contribution >= 0.6 is 0 Å². The SMILES string of the molecule is CC1CC(C(=O)O)C2CCC3(C)C(=CCC4C5(C)CC(O)C(O)C(C)(CO)C5CCC43C)C2C1C. The van der Waals surface area contributed by atoms with Crippen LogP contribution in [0.5, 0.6) is 0 Å². The molecule has 0 saturated heterocycles. The standard InChI is InChI=1S/C30H48O5/c1-16-13-19(26(34)35)18-9-11-29(5)20(24(18)17(16)2)7-8-23-27(3)14-21(32)25(33)28(4,15-31)22(27)10-12-30(23,29)6/h7,16-19,21-25,31-33H,8-15H2,1-6H3,(H,34,35). The molecule has 4 saturated carbocycles. The van der Waals surface area contributed by atoms with E-state index in [1.807, 2.05) is 6.92 Å². The average molecular weight is 489 g/mol. The summed E-state index contributed by atoms with van der Waals surface area (Å²) in [5.74, 6) is 1.12. The zero-order valence-corrected chi connectivity index (χ0v) is 22.6. The van der Waals surface area contributed by atoms with Crippen LogP contribution in [0.2, 0.25) is 0 Å². The van der Waals surface area contributed by atoms with Crippen molar-refractivity contribution in [3.63, 3.8) is 0 Å². The van der Waals surface area contributed by atoms with E-state index in [1.165, 1.54) is 5.57 Å². The second-order valence-corrected chi connectivity index (χ2v) is 14.4. The number of allylic oxidation sites excluding steroid dienone is 2. The number of carboxylic acid groups (broad SMARTS) is 1. The summed E-state index contributed by atoms with van der Waals surface area (Å²) >= 11 is 0. The van der Waals surface area contributed by atoms with Gasteiger partial charge in [-0.15, -0.1) is 0 Å². The fraction of sp³-hybridized carbons (Fsp3) is 0.900. The molecule has 0 aromatic rings. The molecule has 5 heteroatoms. The lowest BCUT2D eigenvalue weighted by molar-refractivity contribution is -0.242. The smallest absolute Gasteiger partial charge is 0.306 e. The third kappa shape index (κ3) is 3.13. The Morgan fingerprint density at radius 2 is 1.74 bits per heavy atom. The van der Waals surface area contributed by atoms with E-state index in [4.69, 9.17) is 0 Å². The molecule has 0 amide bonds. The summed E-state index contributed by atoms with van der Waals surface area (Å²) in [7, 11) is 0. The molecule has 0 aromatic heterocycles. The normalized spacial score (nSPS) is 57.7. The van der Waals surface area contributed by atoms with Gasteiger partial charge < -0.3 is 20.4 Å². The minimum Gasteiger partial charge on any atom is -0.481 e. The fourth-order valence-corrected chi connectivity index (χ4v) is 11.0. The average Bonchev–Trinajstić information content (AvgIpc) is 2.79. The summed E-state index contributed by atoms with van der Waals surface area (Å²) in [6.07, 6.45) is 7.10. The molecule has 4 fully saturated rings. The first-order valence-corrected chi connectivity index (χ1v) is 14.2. The molecule has 198 valence electrons. The lowest BCUT2D eigenvalue weighted by Crippen LogP contribution is -2.67. The number of rotatable bonds is 2. The van der Waals surface area contributed by atoms with Gasteiger partial charge in [-0.1, -0.05) is 53.2 Å². The largest absolute Gasteiger partial charge is 0.481 e. The number of aliphatic hydroxyl groups is 3. The third-order valence-corrected chi connectivity index (χ3v) is 13.3. The van der Waals surface area contributed by atoms with Crippen LogP contribution in [0.1, 0.15) is 86.5 Å². The zero-order valence-electron chi connectivity index (χ0n) is 22.6. The number of fused-ring (bicyclic) bond motifs is 7.